The molecule has 1 aliphatic heterocycles. The monoisotopic (exact) mass is 436 g/mol. The standard InChI is InChI=1S/C20H24N2O5S2/c1-13-10-14(2)12-22(11-13)29(25,26)16-6-4-15(5-7-16)18(23)21-19-17(8-9-28-19)20(24)27-3/h4-9,13-14H,10-12H2,1-3H3,(H,21,23)/t13-,14-/m1/s1. The minimum absolute atomic E-state index is 0.168. The molecule has 9 heteroatoms. The van der Waals surface area contributed by atoms with Crippen LogP contribution in [0, 0.1) is 11.8 Å². The number of anilines is 1. The van der Waals surface area contributed by atoms with E-state index in [-0.39, 0.29) is 10.5 Å². The molecule has 1 aromatic carbocycles. The number of rotatable bonds is 5. The van der Waals surface area contributed by atoms with Crippen LogP contribution >= 0.6 is 11.3 Å². The predicted octanol–water partition coefficient (Wildman–Crippen LogP) is 3.45. The summed E-state index contributed by atoms with van der Waals surface area (Å²) in [5.74, 6) is -0.337. The van der Waals surface area contributed by atoms with E-state index < -0.39 is 21.9 Å². The summed E-state index contributed by atoms with van der Waals surface area (Å²) >= 11 is 1.21. The van der Waals surface area contributed by atoms with Gasteiger partial charge in [0, 0.05) is 18.7 Å². The summed E-state index contributed by atoms with van der Waals surface area (Å²) < 4.78 is 32.1. The Morgan fingerprint density at radius 3 is 2.31 bits per heavy atom. The van der Waals surface area contributed by atoms with Crippen molar-refractivity contribution in [3.63, 3.8) is 0 Å². The first-order chi connectivity index (χ1) is 13.7. The van der Waals surface area contributed by atoms with Crippen molar-refractivity contribution in [2.24, 2.45) is 11.8 Å². The summed E-state index contributed by atoms with van der Waals surface area (Å²) in [6.45, 7) is 5.12. The van der Waals surface area contributed by atoms with Crippen LogP contribution in [0.5, 0.6) is 0 Å². The molecule has 2 atom stereocenters. The third-order valence-electron chi connectivity index (χ3n) is 4.89. The van der Waals surface area contributed by atoms with E-state index in [1.807, 2.05) is 0 Å². The Bertz CT molecular complexity index is 988. The number of nitrogens with one attached hydrogen (secondary N) is 1. The Kier molecular flexibility index (Phi) is 6.40. The van der Waals surface area contributed by atoms with Crippen LogP contribution in [0.15, 0.2) is 40.6 Å². The number of carbonyl (C=O) groups excluding carboxylic acids is 2. The topological polar surface area (TPSA) is 92.8 Å². The summed E-state index contributed by atoms with van der Waals surface area (Å²) in [6, 6.07) is 7.42. The number of benzene rings is 1. The van der Waals surface area contributed by atoms with Gasteiger partial charge in [0.05, 0.1) is 17.6 Å². The fourth-order valence-electron chi connectivity index (χ4n) is 3.58. The summed E-state index contributed by atoms with van der Waals surface area (Å²) in [7, 11) is -2.33. The van der Waals surface area contributed by atoms with Gasteiger partial charge in [-0.05, 0) is 54.0 Å². The zero-order valence-electron chi connectivity index (χ0n) is 16.5. The highest BCUT2D eigenvalue weighted by Crippen LogP contribution is 2.27. The van der Waals surface area contributed by atoms with E-state index in [2.05, 4.69) is 19.2 Å². The molecule has 1 N–H and O–H groups in total. The highest BCUT2D eigenvalue weighted by molar-refractivity contribution is 7.89. The van der Waals surface area contributed by atoms with Crippen molar-refractivity contribution in [3.8, 4) is 0 Å². The smallest absolute Gasteiger partial charge is 0.340 e. The van der Waals surface area contributed by atoms with Crippen LogP contribution in [-0.4, -0.2) is 44.8 Å². The van der Waals surface area contributed by atoms with E-state index in [0.717, 1.165) is 6.42 Å². The highest BCUT2D eigenvalue weighted by atomic mass is 32.2. The fraction of sp³-hybridized carbons (Fsp3) is 0.400. The molecule has 1 saturated heterocycles. The van der Waals surface area contributed by atoms with Gasteiger partial charge in [-0.25, -0.2) is 13.2 Å². The Labute approximate surface area is 174 Å². The molecule has 0 unspecified atom stereocenters. The van der Waals surface area contributed by atoms with E-state index >= 15 is 0 Å². The van der Waals surface area contributed by atoms with Gasteiger partial charge in [0.1, 0.15) is 5.00 Å². The van der Waals surface area contributed by atoms with Crippen LogP contribution in [0.25, 0.3) is 0 Å². The van der Waals surface area contributed by atoms with Crippen molar-refractivity contribution >= 4 is 38.2 Å². The SMILES string of the molecule is COC(=O)c1ccsc1NC(=O)c1ccc(S(=O)(=O)N2C[C@H](C)C[C@@H](C)C2)cc1. The summed E-state index contributed by atoms with van der Waals surface area (Å²) in [5, 5.41) is 4.74. The minimum atomic E-state index is -3.60. The van der Waals surface area contributed by atoms with Crippen LogP contribution in [-0.2, 0) is 14.8 Å². The number of thiophene rings is 1. The van der Waals surface area contributed by atoms with Gasteiger partial charge in [-0.2, -0.15) is 4.31 Å². The van der Waals surface area contributed by atoms with Gasteiger partial charge in [-0.3, -0.25) is 4.79 Å². The van der Waals surface area contributed by atoms with Crippen LogP contribution < -0.4 is 5.32 Å². The van der Waals surface area contributed by atoms with E-state index in [1.165, 1.54) is 47.0 Å². The van der Waals surface area contributed by atoms with Crippen LogP contribution in [0.1, 0.15) is 41.0 Å². The molecular formula is C20H24N2O5S2. The lowest BCUT2D eigenvalue weighted by Gasteiger charge is -2.34. The Morgan fingerprint density at radius 2 is 1.72 bits per heavy atom. The van der Waals surface area contributed by atoms with Crippen LogP contribution in [0.3, 0.4) is 0 Å². The maximum Gasteiger partial charge on any atom is 0.340 e. The Hall–Kier alpha value is -2.23. The second-order valence-corrected chi connectivity index (χ2v) is 10.3. The molecule has 0 bridgehead atoms. The highest BCUT2D eigenvalue weighted by Gasteiger charge is 2.31. The Morgan fingerprint density at radius 1 is 1.10 bits per heavy atom. The first-order valence-electron chi connectivity index (χ1n) is 9.29. The first-order valence-corrected chi connectivity index (χ1v) is 11.6. The van der Waals surface area contributed by atoms with Crippen LogP contribution in [0.2, 0.25) is 0 Å². The third-order valence-corrected chi connectivity index (χ3v) is 7.56. The van der Waals surface area contributed by atoms with Gasteiger partial charge >= 0.3 is 5.97 Å². The van der Waals surface area contributed by atoms with Gasteiger partial charge in [0.15, 0.2) is 0 Å². The quantitative estimate of drug-likeness (QED) is 0.725. The molecule has 2 heterocycles. The molecule has 29 heavy (non-hydrogen) atoms. The number of nitrogens with zero attached hydrogens (tertiary/aromatic N) is 1. The average Bonchev–Trinajstić information content (AvgIpc) is 3.14. The Balaban J connectivity index is 1.75. The maximum absolute atomic E-state index is 12.9. The zero-order chi connectivity index (χ0) is 21.2. The number of esters is 1. The molecule has 0 saturated carbocycles. The van der Waals surface area contributed by atoms with Gasteiger partial charge in [-0.15, -0.1) is 11.3 Å². The summed E-state index contributed by atoms with van der Waals surface area (Å²) in [5.41, 5.74) is 0.576. The molecule has 1 amide bonds. The molecule has 2 aromatic rings. The van der Waals surface area contributed by atoms with Gasteiger partial charge < -0.3 is 10.1 Å². The van der Waals surface area contributed by atoms with E-state index in [4.69, 9.17) is 4.74 Å². The zero-order valence-corrected chi connectivity index (χ0v) is 18.2. The molecule has 7 nitrogen and oxygen atoms in total. The molecule has 1 aliphatic rings. The van der Waals surface area contributed by atoms with E-state index in [1.54, 1.807) is 11.4 Å². The lowest BCUT2D eigenvalue weighted by atomic mass is 9.94. The number of carbonyl (C=O) groups is 2. The largest absolute Gasteiger partial charge is 0.465 e. The number of piperidine rings is 1. The maximum atomic E-state index is 12.9. The number of amides is 1. The molecule has 1 aromatic heterocycles. The summed E-state index contributed by atoms with van der Waals surface area (Å²) in [6.07, 6.45) is 1.02. The van der Waals surface area contributed by atoms with E-state index in [9.17, 15) is 18.0 Å². The van der Waals surface area contributed by atoms with Gasteiger partial charge in [0.2, 0.25) is 10.0 Å². The average molecular weight is 437 g/mol. The van der Waals surface area contributed by atoms with Crippen molar-refractivity contribution in [1.29, 1.82) is 0 Å². The van der Waals surface area contributed by atoms with Crippen molar-refractivity contribution < 1.29 is 22.7 Å². The predicted molar refractivity (Wildman–Crippen MR) is 112 cm³/mol. The molecule has 3 rings (SSSR count). The number of methoxy groups -OCH3 is 1. The number of hydrogen-bond acceptors (Lipinski definition) is 6. The van der Waals surface area contributed by atoms with Crippen LogP contribution in [0.4, 0.5) is 5.00 Å². The number of ether oxygens (including phenoxy) is 1. The first kappa shape index (κ1) is 21.5. The lowest BCUT2D eigenvalue weighted by molar-refractivity contribution is 0.0602. The molecule has 0 radical (unpaired) electrons. The normalized spacial score (nSPS) is 20.2. The van der Waals surface area contributed by atoms with Gasteiger partial charge in [-0.1, -0.05) is 13.8 Å². The third kappa shape index (κ3) is 4.68. The summed E-state index contributed by atoms with van der Waals surface area (Å²) in [4.78, 5) is 24.4. The number of hydrogen-bond donors (Lipinski definition) is 1. The van der Waals surface area contributed by atoms with Gasteiger partial charge in [0.25, 0.3) is 5.91 Å². The molecule has 1 fully saturated rings. The molecular weight excluding hydrogens is 412 g/mol. The van der Waals surface area contributed by atoms with Crippen molar-refractivity contribution in [2.75, 3.05) is 25.5 Å². The fourth-order valence-corrected chi connectivity index (χ4v) is 6.03. The lowest BCUT2D eigenvalue weighted by Crippen LogP contribution is -2.42. The number of sulfonamides is 1. The second kappa shape index (κ2) is 8.64. The van der Waals surface area contributed by atoms with Crippen molar-refractivity contribution in [3.05, 3.63) is 46.8 Å². The second-order valence-electron chi connectivity index (χ2n) is 7.40. The van der Waals surface area contributed by atoms with Crippen molar-refractivity contribution in [1.82, 2.24) is 4.31 Å². The molecule has 0 spiro atoms. The van der Waals surface area contributed by atoms with E-state index in [0.29, 0.717) is 35.5 Å². The molecule has 0 aliphatic carbocycles. The van der Waals surface area contributed by atoms with Crippen molar-refractivity contribution in [2.45, 2.75) is 25.2 Å². The molecule has 156 valence electrons. The minimum Gasteiger partial charge on any atom is -0.465 e.